The Hall–Kier alpha value is -1.25. The molecular weight excluding hydrogens is 285 g/mol. The zero-order valence-corrected chi connectivity index (χ0v) is 11.5. The first kappa shape index (κ1) is 15.8. The van der Waals surface area contributed by atoms with Gasteiger partial charge in [0.15, 0.2) is 0 Å². The molecule has 0 saturated heterocycles. The Morgan fingerprint density at radius 2 is 2.00 bits per heavy atom. The molecule has 0 N–H and O–H groups in total. The molecule has 1 aromatic rings. The average Bonchev–Trinajstić information content (AvgIpc) is 2.60. The summed E-state index contributed by atoms with van der Waals surface area (Å²) in [7, 11) is -4.22. The van der Waals surface area contributed by atoms with Gasteiger partial charge in [0.1, 0.15) is 12.4 Å². The lowest BCUT2D eigenvalue weighted by Crippen LogP contribution is -2.36. The standard InChI is InChI=1S/C10H16F3N2O3S/c1-3-4-5-6-15-8-7-14(2)9(15)18-19(16,17)10(11,12)13/h7-8H,3-6H2,1-2H3/q+1. The lowest BCUT2D eigenvalue weighted by molar-refractivity contribution is -0.674. The maximum atomic E-state index is 12.3. The number of nitrogens with zero attached hydrogens (tertiary/aromatic N) is 2. The predicted octanol–water partition coefficient (Wildman–Crippen LogP) is 1.73. The largest absolute Gasteiger partial charge is 0.534 e. The fourth-order valence-corrected chi connectivity index (χ4v) is 1.97. The summed E-state index contributed by atoms with van der Waals surface area (Å²) in [5, 5.41) is 0. The van der Waals surface area contributed by atoms with E-state index in [1.807, 2.05) is 6.92 Å². The van der Waals surface area contributed by atoms with Gasteiger partial charge in [-0.15, -0.1) is 0 Å². The average molecular weight is 301 g/mol. The highest BCUT2D eigenvalue weighted by molar-refractivity contribution is 7.87. The molecule has 0 unspecified atom stereocenters. The number of imidazole rings is 1. The molecule has 1 heterocycles. The minimum atomic E-state index is -5.64. The van der Waals surface area contributed by atoms with Crippen molar-refractivity contribution < 1.29 is 30.3 Å². The summed E-state index contributed by atoms with van der Waals surface area (Å²) < 4.78 is 65.5. The van der Waals surface area contributed by atoms with Crippen molar-refractivity contribution in [3.05, 3.63) is 12.4 Å². The molecule has 0 aliphatic heterocycles. The van der Waals surface area contributed by atoms with Gasteiger partial charge in [-0.05, 0) is 12.8 Å². The van der Waals surface area contributed by atoms with E-state index in [2.05, 4.69) is 4.18 Å². The van der Waals surface area contributed by atoms with E-state index < -0.39 is 15.6 Å². The minimum Gasteiger partial charge on any atom is -0.302 e. The van der Waals surface area contributed by atoms with Gasteiger partial charge in [0.25, 0.3) is 0 Å². The van der Waals surface area contributed by atoms with Crippen LogP contribution in [-0.4, -0.2) is 18.5 Å². The second-order valence-electron chi connectivity index (χ2n) is 4.08. The SMILES string of the molecule is CCCCCn1cc[n+](C)c1OS(=O)(=O)C(F)(F)F. The van der Waals surface area contributed by atoms with E-state index in [1.165, 1.54) is 28.6 Å². The van der Waals surface area contributed by atoms with Crippen LogP contribution >= 0.6 is 0 Å². The number of aromatic nitrogens is 2. The summed E-state index contributed by atoms with van der Waals surface area (Å²) in [6.07, 6.45) is 5.50. The van der Waals surface area contributed by atoms with Crippen LogP contribution in [0.3, 0.4) is 0 Å². The van der Waals surface area contributed by atoms with E-state index in [4.69, 9.17) is 0 Å². The molecule has 1 aromatic heterocycles. The van der Waals surface area contributed by atoms with Crippen molar-refractivity contribution in [1.82, 2.24) is 4.57 Å². The van der Waals surface area contributed by atoms with Gasteiger partial charge >= 0.3 is 21.6 Å². The summed E-state index contributed by atoms with van der Waals surface area (Å²) in [5.74, 6) is 0. The lowest BCUT2D eigenvalue weighted by Gasteiger charge is -2.07. The monoisotopic (exact) mass is 301 g/mol. The molecule has 0 fully saturated rings. The first-order valence-electron chi connectivity index (χ1n) is 5.74. The molecule has 0 aliphatic rings. The second kappa shape index (κ2) is 5.81. The van der Waals surface area contributed by atoms with E-state index >= 15 is 0 Å². The van der Waals surface area contributed by atoms with E-state index in [9.17, 15) is 21.6 Å². The fraction of sp³-hybridized carbons (Fsp3) is 0.700. The topological polar surface area (TPSA) is 52.2 Å². The smallest absolute Gasteiger partial charge is 0.302 e. The quantitative estimate of drug-likeness (QED) is 0.348. The van der Waals surface area contributed by atoms with Crippen LogP contribution in [0.25, 0.3) is 0 Å². The third-order valence-corrected chi connectivity index (χ3v) is 3.42. The van der Waals surface area contributed by atoms with Gasteiger partial charge in [0.05, 0.1) is 13.6 Å². The van der Waals surface area contributed by atoms with Gasteiger partial charge in [-0.2, -0.15) is 30.7 Å². The van der Waals surface area contributed by atoms with Crippen LogP contribution in [0.4, 0.5) is 13.2 Å². The number of unbranched alkanes of at least 4 members (excludes halogenated alkanes) is 2. The number of alkyl halides is 3. The molecule has 0 aromatic carbocycles. The van der Waals surface area contributed by atoms with Crippen molar-refractivity contribution in [3.63, 3.8) is 0 Å². The Labute approximate surface area is 109 Å². The molecule has 0 amide bonds. The zero-order chi connectivity index (χ0) is 14.7. The van der Waals surface area contributed by atoms with E-state index in [0.29, 0.717) is 6.54 Å². The number of rotatable bonds is 6. The van der Waals surface area contributed by atoms with Gasteiger partial charge in [-0.1, -0.05) is 13.3 Å². The van der Waals surface area contributed by atoms with Crippen LogP contribution in [0.1, 0.15) is 26.2 Å². The summed E-state index contributed by atoms with van der Waals surface area (Å²) >= 11 is 0. The van der Waals surface area contributed by atoms with E-state index in [0.717, 1.165) is 19.3 Å². The van der Waals surface area contributed by atoms with Crippen LogP contribution in [0.15, 0.2) is 12.4 Å². The predicted molar refractivity (Wildman–Crippen MR) is 60.7 cm³/mol. The molecular formula is C10H16F3N2O3S+. The Kier molecular flexibility index (Phi) is 4.83. The highest BCUT2D eigenvalue weighted by Gasteiger charge is 2.50. The first-order chi connectivity index (χ1) is 8.69. The van der Waals surface area contributed by atoms with Crippen LogP contribution in [0, 0.1) is 0 Å². The summed E-state index contributed by atoms with van der Waals surface area (Å²) in [6.45, 7) is 2.39. The third-order valence-electron chi connectivity index (χ3n) is 2.49. The third kappa shape index (κ3) is 3.85. The van der Waals surface area contributed by atoms with Crippen LogP contribution in [0.2, 0.25) is 0 Å². The van der Waals surface area contributed by atoms with Gasteiger partial charge in [-0.25, -0.2) is 0 Å². The highest BCUT2D eigenvalue weighted by Crippen LogP contribution is 2.25. The van der Waals surface area contributed by atoms with Crippen molar-refractivity contribution in [1.29, 1.82) is 0 Å². The summed E-state index contributed by atoms with van der Waals surface area (Å²) in [4.78, 5) is 0. The Morgan fingerprint density at radius 3 is 2.53 bits per heavy atom. The maximum absolute atomic E-state index is 12.3. The number of aryl methyl sites for hydroxylation is 2. The van der Waals surface area contributed by atoms with Crippen molar-refractivity contribution in [2.45, 2.75) is 38.2 Å². The first-order valence-corrected chi connectivity index (χ1v) is 7.15. The fourth-order valence-electron chi connectivity index (χ4n) is 1.46. The lowest BCUT2D eigenvalue weighted by atomic mass is 10.2. The molecule has 9 heteroatoms. The summed E-state index contributed by atoms with van der Waals surface area (Å²) in [6, 6.07) is -0.353. The van der Waals surface area contributed by atoms with Gasteiger partial charge in [0.2, 0.25) is 0 Å². The van der Waals surface area contributed by atoms with Crippen LogP contribution in [-0.2, 0) is 23.7 Å². The number of hydrogen-bond acceptors (Lipinski definition) is 3. The molecule has 5 nitrogen and oxygen atoms in total. The van der Waals surface area contributed by atoms with Crippen molar-refractivity contribution in [2.75, 3.05) is 0 Å². The number of hydrogen-bond donors (Lipinski definition) is 0. The minimum absolute atomic E-state index is 0.353. The maximum Gasteiger partial charge on any atom is 0.534 e. The normalized spacial score (nSPS) is 12.7. The van der Waals surface area contributed by atoms with Gasteiger partial charge in [0, 0.05) is 0 Å². The van der Waals surface area contributed by atoms with Crippen molar-refractivity contribution in [2.24, 2.45) is 7.05 Å². The Morgan fingerprint density at radius 1 is 1.37 bits per heavy atom. The van der Waals surface area contributed by atoms with Crippen LogP contribution < -0.4 is 8.75 Å². The highest BCUT2D eigenvalue weighted by atomic mass is 32.2. The molecule has 0 spiro atoms. The molecule has 0 bridgehead atoms. The summed E-state index contributed by atoms with van der Waals surface area (Å²) in [5.41, 5.74) is -5.43. The van der Waals surface area contributed by atoms with Gasteiger partial charge in [-0.3, -0.25) is 0 Å². The Balaban J connectivity index is 2.92. The Bertz CT molecular complexity index is 523. The molecule has 0 aliphatic carbocycles. The van der Waals surface area contributed by atoms with Crippen LogP contribution in [0.5, 0.6) is 6.01 Å². The zero-order valence-electron chi connectivity index (χ0n) is 10.6. The number of halogens is 3. The molecule has 19 heavy (non-hydrogen) atoms. The van der Waals surface area contributed by atoms with E-state index in [1.54, 1.807) is 0 Å². The van der Waals surface area contributed by atoms with Crippen molar-refractivity contribution >= 4 is 10.1 Å². The molecule has 0 radical (unpaired) electrons. The molecule has 1 rings (SSSR count). The van der Waals surface area contributed by atoms with Crippen molar-refractivity contribution in [3.8, 4) is 6.01 Å². The molecule has 0 atom stereocenters. The molecule has 0 saturated carbocycles. The molecule has 110 valence electrons. The van der Waals surface area contributed by atoms with E-state index in [-0.39, 0.29) is 6.01 Å². The second-order valence-corrected chi connectivity index (χ2v) is 5.61. The van der Waals surface area contributed by atoms with Gasteiger partial charge < -0.3 is 4.18 Å².